The first-order valence-corrected chi connectivity index (χ1v) is 24.0. The van der Waals surface area contributed by atoms with Crippen LogP contribution in [-0.4, -0.2) is 0 Å². The SMILES string of the molecule is CC(C)(C)c1cc(-c2cccc3c2oc2c(-c4ccc(-c5ccccc5)cc4N(c4ccc(-c5ccccc5)cc4)c4ccc5c(c4)C(C)(C)C4C=CC=CC54)cccc23)cc(C(C)(C)C)c1. The van der Waals surface area contributed by atoms with Gasteiger partial charge < -0.3 is 9.32 Å². The largest absolute Gasteiger partial charge is 0.455 e. The molecule has 0 N–H and O–H groups in total. The summed E-state index contributed by atoms with van der Waals surface area (Å²) in [5.41, 5.74) is 19.7. The fourth-order valence-corrected chi connectivity index (χ4v) is 10.8. The summed E-state index contributed by atoms with van der Waals surface area (Å²) in [6.45, 7) is 18.7. The minimum atomic E-state index is -0.0492. The molecule has 330 valence electrons. The van der Waals surface area contributed by atoms with E-state index in [0.717, 1.165) is 61.3 Å². The Morgan fingerprint density at radius 2 is 1.00 bits per heavy atom. The second-order valence-electron chi connectivity index (χ2n) is 21.4. The summed E-state index contributed by atoms with van der Waals surface area (Å²) in [5.74, 6) is 0.774. The van der Waals surface area contributed by atoms with E-state index in [9.17, 15) is 0 Å². The summed E-state index contributed by atoms with van der Waals surface area (Å²) in [6, 6.07) is 65.2. The molecular weight excluding hydrogens is 811 g/mol. The van der Waals surface area contributed by atoms with Crippen LogP contribution >= 0.6 is 0 Å². The molecule has 9 aromatic rings. The predicted molar refractivity (Wildman–Crippen MR) is 285 cm³/mol. The molecule has 0 amide bonds. The van der Waals surface area contributed by atoms with Gasteiger partial charge in [0.1, 0.15) is 11.2 Å². The smallest absolute Gasteiger partial charge is 0.143 e. The number of rotatable bonds is 7. The summed E-state index contributed by atoms with van der Waals surface area (Å²) in [5, 5.41) is 2.23. The first-order chi connectivity index (χ1) is 32.2. The van der Waals surface area contributed by atoms with E-state index in [1.165, 1.54) is 44.5 Å². The van der Waals surface area contributed by atoms with Gasteiger partial charge >= 0.3 is 0 Å². The Kier molecular flexibility index (Phi) is 10.2. The van der Waals surface area contributed by atoms with Crippen molar-refractivity contribution in [3.63, 3.8) is 0 Å². The molecule has 0 spiro atoms. The van der Waals surface area contributed by atoms with Crippen LogP contribution in [0.15, 0.2) is 205 Å². The maximum absolute atomic E-state index is 7.31. The van der Waals surface area contributed by atoms with E-state index in [2.05, 4.69) is 261 Å². The Bertz CT molecular complexity index is 3350. The first kappa shape index (κ1) is 42.5. The van der Waals surface area contributed by atoms with Crippen LogP contribution in [0.2, 0.25) is 0 Å². The fourth-order valence-electron chi connectivity index (χ4n) is 10.8. The Hall–Kier alpha value is -7.16. The number of furan rings is 1. The lowest BCUT2D eigenvalue weighted by atomic mass is 9.74. The van der Waals surface area contributed by atoms with Crippen LogP contribution in [0, 0.1) is 5.92 Å². The lowest BCUT2D eigenvalue weighted by Crippen LogP contribution is -2.24. The van der Waals surface area contributed by atoms with Gasteiger partial charge in [-0.05, 0) is 103 Å². The molecule has 0 radical (unpaired) electrons. The normalized spacial score (nSPS) is 16.4. The molecule has 2 aliphatic rings. The standard InChI is InChI=1S/C65H59NO/c1-63(2,3)47-37-46(38-48(40-47)64(4,5)6)51-24-17-26-56-57-27-18-25-55(62(57)67-61(51)56)54-35-31-45(43-21-13-10-14-22-43)39-60(54)66(49-32-29-44(30-33-49)42-19-11-9-12-20-42)50-34-36-53-52-23-15-16-28-58(52)65(7,8)59(53)41-50/h9-41,52,58H,1-8H3. The summed E-state index contributed by atoms with van der Waals surface area (Å²) < 4.78 is 7.31. The topological polar surface area (TPSA) is 16.4 Å². The van der Waals surface area contributed by atoms with Gasteiger partial charge in [0.25, 0.3) is 0 Å². The molecular formula is C65H59NO. The third-order valence-electron chi connectivity index (χ3n) is 14.7. The maximum atomic E-state index is 7.31. The zero-order valence-corrected chi connectivity index (χ0v) is 40.1. The fraction of sp³-hybridized carbons (Fsp3) is 0.200. The number of hydrogen-bond acceptors (Lipinski definition) is 2. The number of fused-ring (bicyclic) bond motifs is 6. The van der Waals surface area contributed by atoms with Crippen LogP contribution in [0.5, 0.6) is 0 Å². The second kappa shape index (κ2) is 16.0. The van der Waals surface area contributed by atoms with Crippen molar-refractivity contribution in [3.8, 4) is 44.5 Å². The van der Waals surface area contributed by atoms with Crippen LogP contribution in [-0.2, 0) is 16.2 Å². The van der Waals surface area contributed by atoms with Crippen molar-refractivity contribution < 1.29 is 4.42 Å². The van der Waals surface area contributed by atoms with Crippen LogP contribution in [0.3, 0.4) is 0 Å². The Balaban J connectivity index is 1.15. The molecule has 2 heteroatoms. The van der Waals surface area contributed by atoms with Crippen LogP contribution in [0.1, 0.15) is 83.6 Å². The van der Waals surface area contributed by atoms with Gasteiger partial charge in [0.2, 0.25) is 0 Å². The van der Waals surface area contributed by atoms with Crippen molar-refractivity contribution >= 4 is 39.0 Å². The molecule has 0 saturated heterocycles. The number of para-hydroxylation sites is 2. The summed E-state index contributed by atoms with van der Waals surface area (Å²) >= 11 is 0. The quantitative estimate of drug-likeness (QED) is 0.159. The van der Waals surface area contributed by atoms with E-state index in [-0.39, 0.29) is 16.2 Å². The van der Waals surface area contributed by atoms with Gasteiger partial charge in [-0.1, -0.05) is 225 Å². The molecule has 0 fully saturated rings. The molecule has 2 aliphatic carbocycles. The van der Waals surface area contributed by atoms with E-state index in [1.807, 2.05) is 0 Å². The number of allylic oxidation sites excluding steroid dienone is 4. The zero-order chi connectivity index (χ0) is 46.2. The van der Waals surface area contributed by atoms with Crippen molar-refractivity contribution in [1.29, 1.82) is 0 Å². The molecule has 2 unspecified atom stereocenters. The Labute approximate surface area is 397 Å². The third-order valence-corrected chi connectivity index (χ3v) is 14.7. The molecule has 67 heavy (non-hydrogen) atoms. The van der Waals surface area contributed by atoms with Crippen molar-refractivity contribution in [1.82, 2.24) is 0 Å². The minimum absolute atomic E-state index is 0.0120. The molecule has 1 heterocycles. The van der Waals surface area contributed by atoms with Crippen LogP contribution in [0.4, 0.5) is 17.1 Å². The summed E-state index contributed by atoms with van der Waals surface area (Å²) in [7, 11) is 0. The van der Waals surface area contributed by atoms with E-state index >= 15 is 0 Å². The number of hydrogen-bond donors (Lipinski definition) is 0. The van der Waals surface area contributed by atoms with Gasteiger partial charge in [-0.15, -0.1) is 0 Å². The molecule has 1 aromatic heterocycles. The van der Waals surface area contributed by atoms with E-state index < -0.39 is 0 Å². The van der Waals surface area contributed by atoms with Crippen molar-refractivity contribution in [2.75, 3.05) is 4.90 Å². The summed E-state index contributed by atoms with van der Waals surface area (Å²) in [6.07, 6.45) is 9.25. The molecule has 0 saturated carbocycles. The van der Waals surface area contributed by atoms with Crippen molar-refractivity contribution in [3.05, 3.63) is 222 Å². The molecule has 2 nitrogen and oxygen atoms in total. The van der Waals surface area contributed by atoms with Crippen LogP contribution in [0.25, 0.3) is 66.4 Å². The van der Waals surface area contributed by atoms with E-state index in [0.29, 0.717) is 11.8 Å². The highest BCUT2D eigenvalue weighted by molar-refractivity contribution is 6.14. The average Bonchev–Trinajstić information content (AvgIpc) is 3.84. The maximum Gasteiger partial charge on any atom is 0.143 e. The number of anilines is 3. The minimum Gasteiger partial charge on any atom is -0.455 e. The van der Waals surface area contributed by atoms with Gasteiger partial charge in [0.05, 0.1) is 5.69 Å². The average molecular weight is 870 g/mol. The van der Waals surface area contributed by atoms with Crippen molar-refractivity contribution in [2.24, 2.45) is 5.92 Å². The first-order valence-electron chi connectivity index (χ1n) is 24.0. The van der Waals surface area contributed by atoms with Gasteiger partial charge in [-0.2, -0.15) is 0 Å². The van der Waals surface area contributed by atoms with E-state index in [1.54, 1.807) is 0 Å². The van der Waals surface area contributed by atoms with Crippen LogP contribution < -0.4 is 4.90 Å². The molecule has 8 aromatic carbocycles. The number of nitrogens with zero attached hydrogens (tertiary/aromatic N) is 1. The molecule has 2 atom stereocenters. The summed E-state index contributed by atoms with van der Waals surface area (Å²) in [4.78, 5) is 2.49. The van der Waals surface area contributed by atoms with Gasteiger partial charge in [-0.3, -0.25) is 0 Å². The predicted octanol–water partition coefficient (Wildman–Crippen LogP) is 18.4. The Morgan fingerprint density at radius 1 is 0.448 bits per heavy atom. The van der Waals surface area contributed by atoms with E-state index in [4.69, 9.17) is 4.42 Å². The monoisotopic (exact) mass is 869 g/mol. The Morgan fingerprint density at radius 3 is 1.64 bits per heavy atom. The highest BCUT2D eigenvalue weighted by Gasteiger charge is 2.44. The third kappa shape index (κ3) is 7.44. The highest BCUT2D eigenvalue weighted by atomic mass is 16.3. The zero-order valence-electron chi connectivity index (χ0n) is 40.1. The van der Waals surface area contributed by atoms with Gasteiger partial charge in [0, 0.05) is 44.8 Å². The second-order valence-corrected chi connectivity index (χ2v) is 21.4. The van der Waals surface area contributed by atoms with Gasteiger partial charge in [0.15, 0.2) is 0 Å². The molecule has 0 aliphatic heterocycles. The number of benzene rings is 8. The lowest BCUT2D eigenvalue weighted by molar-refractivity contribution is 0.394. The molecule has 11 rings (SSSR count). The highest BCUT2D eigenvalue weighted by Crippen LogP contribution is 2.55. The lowest BCUT2D eigenvalue weighted by Gasteiger charge is -2.31. The van der Waals surface area contributed by atoms with Crippen molar-refractivity contribution in [2.45, 2.75) is 77.6 Å². The molecule has 0 bridgehead atoms. The van der Waals surface area contributed by atoms with Gasteiger partial charge in [-0.25, -0.2) is 0 Å².